The number of carboxylic acid groups (broad SMARTS) is 1. The van der Waals surface area contributed by atoms with Gasteiger partial charge in [0.05, 0.1) is 22.8 Å². The number of azo groups is 1. The van der Waals surface area contributed by atoms with Crippen molar-refractivity contribution in [1.29, 1.82) is 0 Å². The summed E-state index contributed by atoms with van der Waals surface area (Å²) in [6.45, 7) is 3.84. The number of benzene rings is 1. The molecular formula is C25H33N5O4. The number of hydrogen-bond donors (Lipinski definition) is 3. The van der Waals surface area contributed by atoms with Gasteiger partial charge in [-0.2, -0.15) is 5.11 Å². The van der Waals surface area contributed by atoms with Gasteiger partial charge in [0.25, 0.3) is 5.56 Å². The van der Waals surface area contributed by atoms with Crippen LogP contribution in [0.3, 0.4) is 0 Å². The zero-order chi connectivity index (χ0) is 23.9. The lowest BCUT2D eigenvalue weighted by Gasteiger charge is -2.34. The normalized spacial score (nSPS) is 21.8. The van der Waals surface area contributed by atoms with Gasteiger partial charge < -0.3 is 15.1 Å². The maximum Gasteiger partial charge on any atom is 0.314 e. The topological polar surface area (TPSA) is 123 Å². The van der Waals surface area contributed by atoms with E-state index in [0.29, 0.717) is 29.8 Å². The number of nitrogens with zero attached hydrogens (tertiary/aromatic N) is 4. The summed E-state index contributed by atoms with van der Waals surface area (Å²) < 4.78 is 1.69. The van der Waals surface area contributed by atoms with Gasteiger partial charge in [-0.15, -0.1) is 5.11 Å². The third kappa shape index (κ3) is 4.17. The smallest absolute Gasteiger partial charge is 0.314 e. The van der Waals surface area contributed by atoms with Crippen molar-refractivity contribution in [1.82, 2.24) is 14.7 Å². The second-order valence-corrected chi connectivity index (χ2v) is 10.1. The van der Waals surface area contributed by atoms with Crippen LogP contribution in [0, 0.1) is 6.92 Å². The van der Waals surface area contributed by atoms with Crippen LogP contribution in [0.4, 0.5) is 11.4 Å². The van der Waals surface area contributed by atoms with Crippen molar-refractivity contribution in [2.75, 3.05) is 13.1 Å². The first-order chi connectivity index (χ1) is 16.4. The Morgan fingerprint density at radius 3 is 2.38 bits per heavy atom. The molecule has 0 amide bonds. The molecule has 3 aliphatic rings. The van der Waals surface area contributed by atoms with Crippen LogP contribution in [0.2, 0.25) is 0 Å². The summed E-state index contributed by atoms with van der Waals surface area (Å²) >= 11 is 0. The predicted molar refractivity (Wildman–Crippen MR) is 127 cm³/mol. The Morgan fingerprint density at radius 2 is 1.76 bits per heavy atom. The number of likely N-dealkylation sites (tertiary alicyclic amines) is 1. The number of aromatic amines is 1. The Balaban J connectivity index is 1.34. The van der Waals surface area contributed by atoms with Crippen LogP contribution in [-0.4, -0.2) is 50.0 Å². The van der Waals surface area contributed by atoms with Crippen molar-refractivity contribution >= 4 is 17.3 Å². The molecule has 1 saturated heterocycles. The van der Waals surface area contributed by atoms with E-state index in [0.717, 1.165) is 51.2 Å². The van der Waals surface area contributed by atoms with E-state index in [2.05, 4.69) is 20.2 Å². The lowest BCUT2D eigenvalue weighted by molar-refractivity contribution is -0.145. The standard InChI is InChI=1S/C25H33N5O4/c1-16-22(23(32)30(28-16)19-9-13-29(14-10-19)18-6-7-18)27-26-17-5-8-20(21(31)15-17)25(24(33)34)11-3-2-4-12-25/h5,8,15,18-19,28,31H,2-4,6-7,9-14H2,1H3,(H,33,34). The van der Waals surface area contributed by atoms with Gasteiger partial charge in [0.2, 0.25) is 0 Å². The molecule has 34 heavy (non-hydrogen) atoms. The number of rotatable bonds is 6. The van der Waals surface area contributed by atoms with E-state index >= 15 is 0 Å². The van der Waals surface area contributed by atoms with Crippen LogP contribution in [0.15, 0.2) is 33.2 Å². The number of carboxylic acids is 1. The maximum absolute atomic E-state index is 13.0. The molecule has 0 radical (unpaired) electrons. The van der Waals surface area contributed by atoms with Gasteiger partial charge in [-0.05, 0) is 51.5 Å². The second kappa shape index (κ2) is 9.02. The zero-order valence-corrected chi connectivity index (χ0v) is 19.7. The van der Waals surface area contributed by atoms with Gasteiger partial charge >= 0.3 is 5.97 Å². The summed E-state index contributed by atoms with van der Waals surface area (Å²) in [5.41, 5.74) is 0.490. The van der Waals surface area contributed by atoms with E-state index in [1.54, 1.807) is 16.8 Å². The first-order valence-corrected chi connectivity index (χ1v) is 12.4. The fraction of sp³-hybridized carbons (Fsp3) is 0.600. The summed E-state index contributed by atoms with van der Waals surface area (Å²) in [5, 5.41) is 32.1. The van der Waals surface area contributed by atoms with Crippen molar-refractivity contribution in [3.63, 3.8) is 0 Å². The highest BCUT2D eigenvalue weighted by atomic mass is 16.4. The molecule has 3 N–H and O–H groups in total. The maximum atomic E-state index is 13.0. The van der Waals surface area contributed by atoms with Gasteiger partial charge in [0.1, 0.15) is 5.75 Å². The molecule has 9 heteroatoms. The monoisotopic (exact) mass is 467 g/mol. The molecule has 3 fully saturated rings. The van der Waals surface area contributed by atoms with Crippen LogP contribution in [0.5, 0.6) is 5.75 Å². The molecule has 0 bridgehead atoms. The minimum Gasteiger partial charge on any atom is -0.508 e. The molecule has 5 rings (SSSR count). The SMILES string of the molecule is Cc1[nH]n(C2CCN(C3CC3)CC2)c(=O)c1N=Nc1ccc(C2(C(=O)O)CCCCC2)c(O)c1. The molecule has 1 aromatic heterocycles. The molecule has 9 nitrogen and oxygen atoms in total. The molecule has 2 saturated carbocycles. The average molecular weight is 468 g/mol. The molecule has 0 unspecified atom stereocenters. The van der Waals surface area contributed by atoms with Gasteiger partial charge in [0.15, 0.2) is 5.69 Å². The lowest BCUT2D eigenvalue weighted by atomic mass is 9.69. The largest absolute Gasteiger partial charge is 0.508 e. The number of aliphatic carboxylic acids is 1. The van der Waals surface area contributed by atoms with Crippen molar-refractivity contribution in [3.8, 4) is 5.75 Å². The van der Waals surface area contributed by atoms with Crippen LogP contribution in [0.1, 0.15) is 75.1 Å². The lowest BCUT2D eigenvalue weighted by Crippen LogP contribution is -2.38. The van der Waals surface area contributed by atoms with E-state index in [1.165, 1.54) is 18.9 Å². The van der Waals surface area contributed by atoms with Crippen LogP contribution in [-0.2, 0) is 10.2 Å². The number of nitrogens with one attached hydrogen (secondary N) is 1. The van der Waals surface area contributed by atoms with Gasteiger partial charge in [-0.3, -0.25) is 14.7 Å². The van der Waals surface area contributed by atoms with Crippen LogP contribution in [0.25, 0.3) is 0 Å². The number of aryl methyl sites for hydroxylation is 1. The molecule has 2 heterocycles. The Morgan fingerprint density at radius 1 is 1.06 bits per heavy atom. The van der Waals surface area contributed by atoms with Crippen LogP contribution < -0.4 is 5.56 Å². The fourth-order valence-corrected chi connectivity index (χ4v) is 5.73. The molecule has 182 valence electrons. The van der Waals surface area contributed by atoms with Crippen molar-refractivity contribution in [2.24, 2.45) is 10.2 Å². The summed E-state index contributed by atoms with van der Waals surface area (Å²) in [5.74, 6) is -0.991. The fourth-order valence-electron chi connectivity index (χ4n) is 5.73. The summed E-state index contributed by atoms with van der Waals surface area (Å²) in [6.07, 6.45) is 8.15. The van der Waals surface area contributed by atoms with Gasteiger partial charge in [-0.1, -0.05) is 25.3 Å². The number of piperidine rings is 1. The summed E-state index contributed by atoms with van der Waals surface area (Å²) in [7, 11) is 0. The van der Waals surface area contributed by atoms with E-state index in [9.17, 15) is 19.8 Å². The predicted octanol–water partition coefficient (Wildman–Crippen LogP) is 4.69. The molecule has 0 atom stereocenters. The quantitative estimate of drug-likeness (QED) is 0.532. The molecule has 1 aromatic carbocycles. The molecular weight excluding hydrogens is 434 g/mol. The van der Waals surface area contributed by atoms with E-state index in [-0.39, 0.29) is 23.0 Å². The van der Waals surface area contributed by atoms with Gasteiger partial charge in [-0.25, -0.2) is 4.68 Å². The Labute approximate surface area is 198 Å². The Kier molecular flexibility index (Phi) is 6.06. The van der Waals surface area contributed by atoms with Crippen molar-refractivity contribution in [3.05, 3.63) is 39.8 Å². The van der Waals surface area contributed by atoms with E-state index < -0.39 is 11.4 Å². The van der Waals surface area contributed by atoms with E-state index in [4.69, 9.17) is 0 Å². The number of phenols is 1. The number of hydrogen-bond acceptors (Lipinski definition) is 6. The second-order valence-electron chi connectivity index (χ2n) is 10.1. The third-order valence-electron chi connectivity index (χ3n) is 7.87. The molecule has 1 aliphatic heterocycles. The van der Waals surface area contributed by atoms with Crippen molar-refractivity contribution in [2.45, 2.75) is 82.2 Å². The third-order valence-corrected chi connectivity index (χ3v) is 7.87. The zero-order valence-electron chi connectivity index (χ0n) is 19.7. The highest BCUT2D eigenvalue weighted by Crippen LogP contribution is 2.44. The first-order valence-electron chi connectivity index (χ1n) is 12.4. The highest BCUT2D eigenvalue weighted by molar-refractivity contribution is 5.83. The minimum atomic E-state index is -1.06. The van der Waals surface area contributed by atoms with Crippen LogP contribution >= 0.6 is 0 Å². The summed E-state index contributed by atoms with van der Waals surface area (Å²) in [4.78, 5) is 27.6. The average Bonchev–Trinajstić information content (AvgIpc) is 3.64. The number of H-pyrrole nitrogens is 1. The van der Waals surface area contributed by atoms with Gasteiger partial charge in [0, 0.05) is 30.8 Å². The number of carbonyl (C=O) groups is 1. The number of aromatic hydroxyl groups is 1. The van der Waals surface area contributed by atoms with E-state index in [1.807, 2.05) is 6.92 Å². The summed E-state index contributed by atoms with van der Waals surface area (Å²) in [6, 6.07) is 5.62. The minimum absolute atomic E-state index is 0.0913. The Hall–Kier alpha value is -2.94. The molecule has 2 aromatic rings. The van der Waals surface area contributed by atoms with Crippen molar-refractivity contribution < 1.29 is 15.0 Å². The Bertz CT molecular complexity index is 1150. The number of phenolic OH excluding ortho intramolecular Hbond substituents is 1. The molecule has 2 aliphatic carbocycles. The highest BCUT2D eigenvalue weighted by Gasteiger charge is 2.43. The first kappa shape index (κ1) is 22.8. The number of aromatic nitrogens is 2. The molecule has 0 spiro atoms.